The number of likely N-dealkylation sites (tertiary alicyclic amines) is 1. The summed E-state index contributed by atoms with van der Waals surface area (Å²) in [5.41, 5.74) is -0.182. The van der Waals surface area contributed by atoms with E-state index in [1.165, 1.54) is 43.2 Å². The van der Waals surface area contributed by atoms with Crippen molar-refractivity contribution < 1.29 is 13.6 Å². The normalized spacial score (nSPS) is 22.4. The van der Waals surface area contributed by atoms with Crippen molar-refractivity contribution in [1.82, 2.24) is 10.2 Å². The van der Waals surface area contributed by atoms with Gasteiger partial charge in [0.2, 0.25) is 5.91 Å². The highest BCUT2D eigenvalue weighted by molar-refractivity contribution is 5.91. The molecule has 1 heterocycles. The van der Waals surface area contributed by atoms with Gasteiger partial charge in [-0.05, 0) is 49.9 Å². The summed E-state index contributed by atoms with van der Waals surface area (Å²) in [6.45, 7) is 2.77. The topological polar surface area (TPSA) is 32.3 Å². The molecule has 1 aromatic carbocycles. The largest absolute Gasteiger partial charge is 0.352 e. The molecule has 22 heavy (non-hydrogen) atoms. The average Bonchev–Trinajstić information content (AvgIpc) is 3.23. The smallest absolute Gasteiger partial charge is 0.244 e. The molecule has 118 valence electrons. The number of carbonyl (C=O) groups is 1. The number of hydrogen-bond donors (Lipinski definition) is 1. The zero-order valence-electron chi connectivity index (χ0n) is 12.4. The molecule has 1 saturated heterocycles. The Morgan fingerprint density at radius 3 is 2.68 bits per heavy atom. The number of nitrogens with zero attached hydrogens (tertiary/aromatic N) is 1. The fourth-order valence-corrected chi connectivity index (χ4v) is 2.93. The van der Waals surface area contributed by atoms with E-state index < -0.39 is 11.6 Å². The lowest BCUT2D eigenvalue weighted by atomic mass is 10.1. The van der Waals surface area contributed by atoms with E-state index in [1.807, 2.05) is 0 Å². The van der Waals surface area contributed by atoms with Crippen LogP contribution in [0.25, 0.3) is 6.08 Å². The summed E-state index contributed by atoms with van der Waals surface area (Å²) in [6.07, 6.45) is 6.08. The SMILES string of the molecule is O=C(C=Cc1c(F)cccc1F)NCC1CCN(C2CC2)C1. The molecule has 0 bridgehead atoms. The van der Waals surface area contributed by atoms with E-state index >= 15 is 0 Å². The predicted molar refractivity (Wildman–Crippen MR) is 81.1 cm³/mol. The van der Waals surface area contributed by atoms with Crippen LogP contribution < -0.4 is 5.32 Å². The van der Waals surface area contributed by atoms with Crippen molar-refractivity contribution in [3.8, 4) is 0 Å². The molecular weight excluding hydrogens is 286 g/mol. The van der Waals surface area contributed by atoms with Crippen LogP contribution in [-0.2, 0) is 4.79 Å². The van der Waals surface area contributed by atoms with Gasteiger partial charge in [-0.3, -0.25) is 4.79 Å². The van der Waals surface area contributed by atoms with Gasteiger partial charge in [-0.15, -0.1) is 0 Å². The summed E-state index contributed by atoms with van der Waals surface area (Å²) in [5.74, 6) is -1.17. The molecule has 5 heteroatoms. The van der Waals surface area contributed by atoms with E-state index in [4.69, 9.17) is 0 Å². The molecule has 1 amide bonds. The zero-order valence-corrected chi connectivity index (χ0v) is 12.4. The molecule has 1 aliphatic heterocycles. The molecule has 1 aliphatic carbocycles. The van der Waals surface area contributed by atoms with Crippen LogP contribution in [0.5, 0.6) is 0 Å². The predicted octanol–water partition coefficient (Wildman–Crippen LogP) is 2.58. The van der Waals surface area contributed by atoms with Crippen LogP contribution in [0.15, 0.2) is 24.3 Å². The number of carbonyl (C=O) groups excluding carboxylic acids is 1. The maximum absolute atomic E-state index is 13.4. The monoisotopic (exact) mass is 306 g/mol. The molecule has 1 atom stereocenters. The molecular formula is C17H20F2N2O. The number of hydrogen-bond acceptors (Lipinski definition) is 2. The van der Waals surface area contributed by atoms with Crippen LogP contribution in [0, 0.1) is 17.6 Å². The summed E-state index contributed by atoms with van der Waals surface area (Å²) in [5, 5.41) is 2.82. The standard InChI is InChI=1S/C17H20F2N2O/c18-15-2-1-3-16(19)14(15)6-7-17(22)20-10-12-8-9-21(11-12)13-4-5-13/h1-3,6-7,12-13H,4-5,8-11H2,(H,20,22). The second kappa shape index (κ2) is 6.57. The van der Waals surface area contributed by atoms with Gasteiger partial charge in [0, 0.05) is 30.8 Å². The Balaban J connectivity index is 1.47. The highest BCUT2D eigenvalue weighted by Gasteiger charge is 2.34. The van der Waals surface area contributed by atoms with E-state index in [0.717, 1.165) is 25.6 Å². The van der Waals surface area contributed by atoms with E-state index in [2.05, 4.69) is 10.2 Å². The van der Waals surface area contributed by atoms with Gasteiger partial charge in [0.1, 0.15) is 11.6 Å². The van der Waals surface area contributed by atoms with Crippen molar-refractivity contribution in [2.24, 2.45) is 5.92 Å². The third-order valence-corrected chi connectivity index (χ3v) is 4.35. The third-order valence-electron chi connectivity index (χ3n) is 4.35. The van der Waals surface area contributed by atoms with Crippen LogP contribution in [0.2, 0.25) is 0 Å². The minimum atomic E-state index is -0.667. The van der Waals surface area contributed by atoms with E-state index in [0.29, 0.717) is 12.5 Å². The first-order valence-corrected chi connectivity index (χ1v) is 7.77. The Bertz CT molecular complexity index is 564. The molecule has 1 saturated carbocycles. The average molecular weight is 306 g/mol. The Morgan fingerprint density at radius 2 is 2.00 bits per heavy atom. The summed E-state index contributed by atoms with van der Waals surface area (Å²) >= 11 is 0. The molecule has 3 nitrogen and oxygen atoms in total. The zero-order chi connectivity index (χ0) is 15.5. The van der Waals surface area contributed by atoms with Crippen molar-refractivity contribution in [2.75, 3.05) is 19.6 Å². The molecule has 1 N–H and O–H groups in total. The van der Waals surface area contributed by atoms with Crippen molar-refractivity contribution >= 4 is 12.0 Å². The molecule has 3 rings (SSSR count). The first-order valence-electron chi connectivity index (χ1n) is 7.77. The van der Waals surface area contributed by atoms with Gasteiger partial charge >= 0.3 is 0 Å². The highest BCUT2D eigenvalue weighted by Crippen LogP contribution is 2.31. The van der Waals surface area contributed by atoms with Gasteiger partial charge in [0.15, 0.2) is 0 Å². The van der Waals surface area contributed by atoms with Crippen molar-refractivity contribution in [2.45, 2.75) is 25.3 Å². The summed E-state index contributed by atoms with van der Waals surface area (Å²) in [4.78, 5) is 14.3. The molecule has 2 fully saturated rings. The van der Waals surface area contributed by atoms with Gasteiger partial charge in [0.25, 0.3) is 0 Å². The van der Waals surface area contributed by atoms with Crippen LogP contribution in [0.4, 0.5) is 8.78 Å². The van der Waals surface area contributed by atoms with Gasteiger partial charge < -0.3 is 10.2 Å². The first-order chi connectivity index (χ1) is 10.6. The van der Waals surface area contributed by atoms with Crippen molar-refractivity contribution in [3.63, 3.8) is 0 Å². The Labute approximate surface area is 129 Å². The Morgan fingerprint density at radius 1 is 1.27 bits per heavy atom. The number of rotatable bonds is 5. The highest BCUT2D eigenvalue weighted by atomic mass is 19.1. The second-order valence-electron chi connectivity index (χ2n) is 6.09. The van der Waals surface area contributed by atoms with Gasteiger partial charge in [-0.25, -0.2) is 8.78 Å². The molecule has 0 spiro atoms. The lowest BCUT2D eigenvalue weighted by molar-refractivity contribution is -0.116. The van der Waals surface area contributed by atoms with Crippen molar-refractivity contribution in [1.29, 1.82) is 0 Å². The van der Waals surface area contributed by atoms with Crippen LogP contribution in [0.1, 0.15) is 24.8 Å². The summed E-state index contributed by atoms with van der Waals surface area (Å²) < 4.78 is 26.9. The van der Waals surface area contributed by atoms with Gasteiger partial charge in [-0.1, -0.05) is 6.07 Å². The molecule has 1 aromatic rings. The Kier molecular flexibility index (Phi) is 4.52. The van der Waals surface area contributed by atoms with E-state index in [1.54, 1.807) is 0 Å². The maximum Gasteiger partial charge on any atom is 0.244 e. The fourth-order valence-electron chi connectivity index (χ4n) is 2.93. The van der Waals surface area contributed by atoms with Crippen LogP contribution in [0.3, 0.4) is 0 Å². The molecule has 1 unspecified atom stereocenters. The number of nitrogens with one attached hydrogen (secondary N) is 1. The van der Waals surface area contributed by atoms with Crippen LogP contribution in [-0.4, -0.2) is 36.5 Å². The quantitative estimate of drug-likeness (QED) is 0.848. The minimum absolute atomic E-state index is 0.182. The Hall–Kier alpha value is -1.75. The summed E-state index contributed by atoms with van der Waals surface area (Å²) in [6, 6.07) is 4.41. The molecule has 2 aliphatic rings. The number of halogens is 2. The van der Waals surface area contributed by atoms with Gasteiger partial charge in [-0.2, -0.15) is 0 Å². The first kappa shape index (κ1) is 15.2. The molecule has 0 radical (unpaired) electrons. The van der Waals surface area contributed by atoms with Crippen LogP contribution >= 0.6 is 0 Å². The lowest BCUT2D eigenvalue weighted by Gasteiger charge is -2.14. The number of benzene rings is 1. The second-order valence-corrected chi connectivity index (χ2v) is 6.09. The minimum Gasteiger partial charge on any atom is -0.352 e. The lowest BCUT2D eigenvalue weighted by Crippen LogP contribution is -2.30. The van der Waals surface area contributed by atoms with Crippen molar-refractivity contribution in [3.05, 3.63) is 41.5 Å². The molecule has 0 aromatic heterocycles. The van der Waals surface area contributed by atoms with E-state index in [-0.39, 0.29) is 11.5 Å². The summed E-state index contributed by atoms with van der Waals surface area (Å²) in [7, 11) is 0. The fraction of sp³-hybridized carbons (Fsp3) is 0.471. The van der Waals surface area contributed by atoms with E-state index in [9.17, 15) is 13.6 Å². The third kappa shape index (κ3) is 3.71. The maximum atomic E-state index is 13.4. The van der Waals surface area contributed by atoms with Gasteiger partial charge in [0.05, 0.1) is 0 Å². The number of amides is 1.